The van der Waals surface area contributed by atoms with Crippen LogP contribution in [0.3, 0.4) is 0 Å². The maximum atomic E-state index is 12.7. The Morgan fingerprint density at radius 2 is 1.82 bits per heavy atom. The average molecular weight is 399 g/mol. The van der Waals surface area contributed by atoms with E-state index in [2.05, 4.69) is 15.6 Å². The van der Waals surface area contributed by atoms with E-state index in [1.54, 1.807) is 24.4 Å². The highest BCUT2D eigenvalue weighted by Crippen LogP contribution is 2.12. The van der Waals surface area contributed by atoms with Gasteiger partial charge in [-0.05, 0) is 37.1 Å². The van der Waals surface area contributed by atoms with Crippen LogP contribution in [0.1, 0.15) is 35.5 Å². The SMILES string of the molecule is Cc1ccc(C(=O)NC(C(=O)NCc2cn3cc(Cl)ccc3n2)C(C)C)cc1. The first kappa shape index (κ1) is 19.9. The lowest BCUT2D eigenvalue weighted by Crippen LogP contribution is -2.49. The molecule has 3 rings (SSSR count). The van der Waals surface area contributed by atoms with Crippen molar-refractivity contribution in [2.45, 2.75) is 33.4 Å². The third-order valence-corrected chi connectivity index (χ3v) is 4.68. The Kier molecular flexibility index (Phi) is 5.99. The Bertz CT molecular complexity index is 995. The number of aryl methyl sites for hydroxylation is 1. The average Bonchev–Trinajstić information content (AvgIpc) is 3.06. The third kappa shape index (κ3) is 4.70. The van der Waals surface area contributed by atoms with E-state index in [4.69, 9.17) is 11.6 Å². The quantitative estimate of drug-likeness (QED) is 0.668. The van der Waals surface area contributed by atoms with Crippen molar-refractivity contribution >= 4 is 29.1 Å². The van der Waals surface area contributed by atoms with Crippen molar-refractivity contribution in [3.05, 3.63) is 70.6 Å². The monoisotopic (exact) mass is 398 g/mol. The van der Waals surface area contributed by atoms with Gasteiger partial charge in [0.2, 0.25) is 5.91 Å². The van der Waals surface area contributed by atoms with Crippen molar-refractivity contribution in [1.29, 1.82) is 0 Å². The summed E-state index contributed by atoms with van der Waals surface area (Å²) in [5.41, 5.74) is 3.06. The van der Waals surface area contributed by atoms with E-state index in [0.717, 1.165) is 11.2 Å². The second-order valence-corrected chi connectivity index (χ2v) is 7.56. The van der Waals surface area contributed by atoms with Gasteiger partial charge in [-0.3, -0.25) is 9.59 Å². The Morgan fingerprint density at radius 3 is 2.50 bits per heavy atom. The van der Waals surface area contributed by atoms with Gasteiger partial charge in [-0.25, -0.2) is 4.98 Å². The number of pyridine rings is 1. The van der Waals surface area contributed by atoms with Crippen LogP contribution in [-0.2, 0) is 11.3 Å². The molecule has 6 nitrogen and oxygen atoms in total. The van der Waals surface area contributed by atoms with Crippen molar-refractivity contribution in [2.75, 3.05) is 0 Å². The zero-order chi connectivity index (χ0) is 20.3. The van der Waals surface area contributed by atoms with Crippen LogP contribution in [0.2, 0.25) is 5.02 Å². The summed E-state index contributed by atoms with van der Waals surface area (Å²) in [5, 5.41) is 6.30. The van der Waals surface area contributed by atoms with Gasteiger partial charge in [0.25, 0.3) is 5.91 Å². The van der Waals surface area contributed by atoms with E-state index in [0.29, 0.717) is 16.3 Å². The molecule has 0 aliphatic rings. The standard InChI is InChI=1S/C21H23ClN4O2/c1-13(2)19(25-20(27)15-6-4-14(3)5-7-15)21(28)23-10-17-12-26-11-16(22)8-9-18(26)24-17/h4-9,11-13,19H,10H2,1-3H3,(H,23,28)(H,25,27). The fraction of sp³-hybridized carbons (Fsp3) is 0.286. The zero-order valence-electron chi connectivity index (χ0n) is 16.1. The van der Waals surface area contributed by atoms with Crippen LogP contribution < -0.4 is 10.6 Å². The molecule has 0 aliphatic carbocycles. The van der Waals surface area contributed by atoms with Gasteiger partial charge >= 0.3 is 0 Å². The Morgan fingerprint density at radius 1 is 1.11 bits per heavy atom. The maximum Gasteiger partial charge on any atom is 0.251 e. The fourth-order valence-electron chi connectivity index (χ4n) is 2.85. The molecule has 0 fully saturated rings. The number of nitrogens with one attached hydrogen (secondary N) is 2. The van der Waals surface area contributed by atoms with Gasteiger partial charge in [-0.2, -0.15) is 0 Å². The van der Waals surface area contributed by atoms with Crippen LogP contribution in [0.25, 0.3) is 5.65 Å². The molecule has 2 heterocycles. The summed E-state index contributed by atoms with van der Waals surface area (Å²) < 4.78 is 1.81. The van der Waals surface area contributed by atoms with Gasteiger partial charge in [0.05, 0.1) is 17.3 Å². The molecule has 1 atom stereocenters. The predicted octanol–water partition coefficient (Wildman–Crippen LogP) is 3.37. The molecule has 0 bridgehead atoms. The number of carbonyl (C=O) groups is 2. The topological polar surface area (TPSA) is 75.5 Å². The molecule has 2 N–H and O–H groups in total. The van der Waals surface area contributed by atoms with E-state index >= 15 is 0 Å². The number of hydrogen-bond donors (Lipinski definition) is 2. The van der Waals surface area contributed by atoms with Gasteiger partial charge in [-0.15, -0.1) is 0 Å². The lowest BCUT2D eigenvalue weighted by molar-refractivity contribution is -0.124. The first-order valence-electron chi connectivity index (χ1n) is 9.12. The molecule has 3 aromatic rings. The van der Waals surface area contributed by atoms with Crippen LogP contribution in [-0.4, -0.2) is 27.2 Å². The van der Waals surface area contributed by atoms with Crippen LogP contribution in [0, 0.1) is 12.8 Å². The number of halogens is 1. The molecule has 28 heavy (non-hydrogen) atoms. The molecule has 146 valence electrons. The lowest BCUT2D eigenvalue weighted by Gasteiger charge is -2.21. The summed E-state index contributed by atoms with van der Waals surface area (Å²) in [4.78, 5) is 29.6. The number of amides is 2. The summed E-state index contributed by atoms with van der Waals surface area (Å²) in [5.74, 6) is -0.573. The van der Waals surface area contributed by atoms with Crippen molar-refractivity contribution < 1.29 is 9.59 Å². The minimum Gasteiger partial charge on any atom is -0.349 e. The summed E-state index contributed by atoms with van der Waals surface area (Å²) >= 11 is 5.98. The molecule has 0 radical (unpaired) electrons. The van der Waals surface area contributed by atoms with Crippen molar-refractivity contribution in [1.82, 2.24) is 20.0 Å². The van der Waals surface area contributed by atoms with Crippen LogP contribution in [0.5, 0.6) is 0 Å². The van der Waals surface area contributed by atoms with Gasteiger partial charge in [0.15, 0.2) is 0 Å². The molecule has 7 heteroatoms. The number of imidazole rings is 1. The second kappa shape index (κ2) is 8.44. The van der Waals surface area contributed by atoms with Crippen LogP contribution in [0.4, 0.5) is 0 Å². The van der Waals surface area contributed by atoms with Gasteiger partial charge in [0, 0.05) is 18.0 Å². The lowest BCUT2D eigenvalue weighted by atomic mass is 10.0. The second-order valence-electron chi connectivity index (χ2n) is 7.12. The highest BCUT2D eigenvalue weighted by molar-refractivity contribution is 6.30. The minimum atomic E-state index is -0.639. The molecule has 0 saturated heterocycles. The molecule has 2 amide bonds. The predicted molar refractivity (Wildman–Crippen MR) is 109 cm³/mol. The maximum absolute atomic E-state index is 12.7. The van der Waals surface area contributed by atoms with Crippen molar-refractivity contribution in [3.63, 3.8) is 0 Å². The van der Waals surface area contributed by atoms with E-state index in [1.165, 1.54) is 0 Å². The van der Waals surface area contributed by atoms with Crippen molar-refractivity contribution in [2.24, 2.45) is 5.92 Å². The summed E-state index contributed by atoms with van der Waals surface area (Å²) in [6.07, 6.45) is 3.57. The highest BCUT2D eigenvalue weighted by atomic mass is 35.5. The van der Waals surface area contributed by atoms with Crippen molar-refractivity contribution in [3.8, 4) is 0 Å². The largest absolute Gasteiger partial charge is 0.349 e. The smallest absolute Gasteiger partial charge is 0.251 e. The molecule has 0 aliphatic heterocycles. The normalized spacial score (nSPS) is 12.2. The van der Waals surface area contributed by atoms with E-state index < -0.39 is 6.04 Å². The van der Waals surface area contributed by atoms with Crippen LogP contribution in [0.15, 0.2) is 48.8 Å². The molecular weight excluding hydrogens is 376 g/mol. The summed E-state index contributed by atoms with van der Waals surface area (Å²) in [7, 11) is 0. The fourth-order valence-corrected chi connectivity index (χ4v) is 3.02. The number of hydrogen-bond acceptors (Lipinski definition) is 3. The molecule has 0 saturated carbocycles. The van der Waals surface area contributed by atoms with E-state index in [9.17, 15) is 9.59 Å². The van der Waals surface area contributed by atoms with Gasteiger partial charge in [-0.1, -0.05) is 43.1 Å². The number of carbonyl (C=O) groups excluding carboxylic acids is 2. The van der Waals surface area contributed by atoms with Crippen LogP contribution >= 0.6 is 11.6 Å². The Balaban J connectivity index is 1.65. The Labute approximate surface area is 168 Å². The zero-order valence-corrected chi connectivity index (χ0v) is 16.8. The number of nitrogens with zero attached hydrogens (tertiary/aromatic N) is 2. The minimum absolute atomic E-state index is 0.0609. The first-order valence-corrected chi connectivity index (χ1v) is 9.49. The number of fused-ring (bicyclic) bond motifs is 1. The van der Waals surface area contributed by atoms with Gasteiger partial charge in [0.1, 0.15) is 11.7 Å². The number of rotatable bonds is 6. The Hall–Kier alpha value is -2.86. The number of aromatic nitrogens is 2. The van der Waals surface area contributed by atoms with Gasteiger partial charge < -0.3 is 15.0 Å². The molecular formula is C21H23ClN4O2. The highest BCUT2D eigenvalue weighted by Gasteiger charge is 2.24. The number of benzene rings is 1. The van der Waals surface area contributed by atoms with E-state index in [1.807, 2.05) is 49.6 Å². The molecule has 2 aromatic heterocycles. The molecule has 1 aromatic carbocycles. The van der Waals surface area contributed by atoms with E-state index in [-0.39, 0.29) is 24.3 Å². The summed E-state index contributed by atoms with van der Waals surface area (Å²) in [6.45, 7) is 6.01. The molecule has 1 unspecified atom stereocenters. The first-order chi connectivity index (χ1) is 13.3. The summed E-state index contributed by atoms with van der Waals surface area (Å²) in [6, 6.07) is 10.2. The molecule has 0 spiro atoms. The third-order valence-electron chi connectivity index (χ3n) is 4.46.